The maximum atomic E-state index is 5.79. The Kier molecular flexibility index (Phi) is 19.3. The van der Waals surface area contributed by atoms with Gasteiger partial charge >= 0.3 is 0 Å². The first-order chi connectivity index (χ1) is 7.77. The summed E-state index contributed by atoms with van der Waals surface area (Å²) in [6, 6.07) is 0. The molecule has 17 heavy (non-hydrogen) atoms. The molecular weight excluding hydrogens is 253 g/mol. The summed E-state index contributed by atoms with van der Waals surface area (Å²) in [4.78, 5) is 0. The molecule has 106 valence electrons. The molecule has 3 heteroatoms. The van der Waals surface area contributed by atoms with Crippen molar-refractivity contribution < 1.29 is 0 Å². The number of hydrogen-bond acceptors (Lipinski definition) is 1. The molecule has 0 aliphatic heterocycles. The van der Waals surface area contributed by atoms with Gasteiger partial charge in [-0.3, -0.25) is 0 Å². The fourth-order valence-electron chi connectivity index (χ4n) is 1.91. The smallest absolute Gasteiger partial charge is 0.0796 e. The van der Waals surface area contributed by atoms with E-state index in [1.165, 1.54) is 64.2 Å². The number of alkyl halides is 1. The summed E-state index contributed by atoms with van der Waals surface area (Å²) in [6.07, 6.45) is 14.0. The Balaban J connectivity index is 0. The van der Waals surface area contributed by atoms with Crippen molar-refractivity contribution >= 4 is 24.0 Å². The minimum atomic E-state index is 0. The van der Waals surface area contributed by atoms with Gasteiger partial charge < -0.3 is 5.32 Å². The van der Waals surface area contributed by atoms with Crippen LogP contribution in [0.4, 0.5) is 0 Å². The van der Waals surface area contributed by atoms with Gasteiger partial charge in [0.25, 0.3) is 0 Å². The van der Waals surface area contributed by atoms with E-state index in [9.17, 15) is 0 Å². The Hall–Kier alpha value is 0.540. The molecule has 0 aromatic heterocycles. The van der Waals surface area contributed by atoms with Crippen molar-refractivity contribution in [1.82, 2.24) is 5.32 Å². The van der Waals surface area contributed by atoms with Crippen LogP contribution < -0.4 is 5.32 Å². The van der Waals surface area contributed by atoms with E-state index in [1.54, 1.807) is 0 Å². The lowest BCUT2D eigenvalue weighted by Crippen LogP contribution is -2.21. The summed E-state index contributed by atoms with van der Waals surface area (Å²) >= 11 is 5.79. The Labute approximate surface area is 119 Å². The van der Waals surface area contributed by atoms with Crippen molar-refractivity contribution in [3.8, 4) is 0 Å². The van der Waals surface area contributed by atoms with Gasteiger partial charge in [-0.1, -0.05) is 64.7 Å². The van der Waals surface area contributed by atoms with E-state index in [4.69, 9.17) is 11.6 Å². The van der Waals surface area contributed by atoms with Gasteiger partial charge in [0, 0.05) is 0 Å². The summed E-state index contributed by atoms with van der Waals surface area (Å²) in [6.45, 7) is 5.33. The zero-order chi connectivity index (χ0) is 12.1. The average Bonchev–Trinajstić information content (AvgIpc) is 2.25. The van der Waals surface area contributed by atoms with Gasteiger partial charge in [0.1, 0.15) is 0 Å². The number of hydrogen-bond donors (Lipinski definition) is 1. The topological polar surface area (TPSA) is 12.0 Å². The van der Waals surface area contributed by atoms with Gasteiger partial charge in [-0.25, -0.2) is 0 Å². The predicted octanol–water partition coefficient (Wildman–Crippen LogP) is 5.50. The summed E-state index contributed by atoms with van der Waals surface area (Å²) in [7, 11) is 0. The third kappa shape index (κ3) is 19.1. The van der Waals surface area contributed by atoms with Crippen LogP contribution in [0, 0.1) is 0 Å². The Morgan fingerprint density at radius 1 is 0.824 bits per heavy atom. The fraction of sp³-hybridized carbons (Fsp3) is 1.00. The van der Waals surface area contributed by atoms with Crippen LogP contribution >= 0.6 is 24.0 Å². The maximum Gasteiger partial charge on any atom is 0.0796 e. The Bertz CT molecular complexity index is 129. The van der Waals surface area contributed by atoms with Crippen molar-refractivity contribution in [1.29, 1.82) is 0 Å². The van der Waals surface area contributed by atoms with Gasteiger partial charge in [-0.15, -0.1) is 24.0 Å². The number of nitrogens with one attached hydrogen (secondary N) is 1. The third-order valence-corrected chi connectivity index (χ3v) is 3.11. The van der Waals surface area contributed by atoms with Gasteiger partial charge in [0.15, 0.2) is 0 Å². The van der Waals surface area contributed by atoms with E-state index in [-0.39, 0.29) is 17.9 Å². The fourth-order valence-corrected chi connectivity index (χ4v) is 2.02. The van der Waals surface area contributed by atoms with Crippen LogP contribution in [0.5, 0.6) is 0 Å². The highest BCUT2D eigenvalue weighted by molar-refractivity contribution is 6.20. The first-order valence-electron chi connectivity index (χ1n) is 7.14. The molecule has 0 rings (SSSR count). The van der Waals surface area contributed by atoms with E-state index in [1.807, 2.05) is 6.92 Å². The standard InChI is InChI=1S/C14H30ClN.ClH/c1-3-4-5-6-7-8-9-10-11-12-13-16-14(2)15;/h14,16H,3-13H2,1-2H3;1H. The highest BCUT2D eigenvalue weighted by Gasteiger charge is 1.94. The van der Waals surface area contributed by atoms with Crippen LogP contribution in [0.2, 0.25) is 0 Å². The minimum Gasteiger partial charge on any atom is -0.302 e. The minimum absolute atomic E-state index is 0. The molecule has 0 aromatic carbocycles. The molecular formula is C14H31Cl2N. The molecule has 0 amide bonds. The number of rotatable bonds is 12. The number of unbranched alkanes of at least 4 members (excludes halogenated alkanes) is 9. The van der Waals surface area contributed by atoms with Crippen molar-refractivity contribution in [2.24, 2.45) is 0 Å². The molecule has 0 heterocycles. The summed E-state index contributed by atoms with van der Waals surface area (Å²) in [5.74, 6) is 0. The molecule has 1 N–H and O–H groups in total. The largest absolute Gasteiger partial charge is 0.302 e. The second kappa shape index (κ2) is 16.5. The molecule has 1 unspecified atom stereocenters. The normalized spacial score (nSPS) is 12.2. The summed E-state index contributed by atoms with van der Waals surface area (Å²) in [5.41, 5.74) is 0.124. The zero-order valence-electron chi connectivity index (χ0n) is 11.6. The molecule has 0 bridgehead atoms. The van der Waals surface area contributed by atoms with Gasteiger partial charge in [0.2, 0.25) is 0 Å². The Morgan fingerprint density at radius 3 is 1.65 bits per heavy atom. The van der Waals surface area contributed by atoms with Gasteiger partial charge in [0.05, 0.1) is 5.50 Å². The lowest BCUT2D eigenvalue weighted by molar-refractivity contribution is 0.542. The van der Waals surface area contributed by atoms with Crippen LogP contribution in [-0.2, 0) is 0 Å². The molecule has 1 nitrogen and oxygen atoms in total. The molecule has 0 radical (unpaired) electrons. The predicted molar refractivity (Wildman–Crippen MR) is 82.4 cm³/mol. The second-order valence-electron chi connectivity index (χ2n) is 4.75. The van der Waals surface area contributed by atoms with E-state index < -0.39 is 0 Å². The molecule has 1 atom stereocenters. The van der Waals surface area contributed by atoms with Crippen molar-refractivity contribution in [2.75, 3.05) is 6.54 Å². The highest BCUT2D eigenvalue weighted by Crippen LogP contribution is 2.10. The third-order valence-electron chi connectivity index (χ3n) is 2.96. The number of halogens is 2. The molecule has 0 aliphatic carbocycles. The SMILES string of the molecule is CCCCCCCCCCCCNC(C)Cl.Cl. The van der Waals surface area contributed by atoms with Crippen LogP contribution in [0.3, 0.4) is 0 Å². The van der Waals surface area contributed by atoms with Crippen LogP contribution in [0.15, 0.2) is 0 Å². The average molecular weight is 284 g/mol. The van der Waals surface area contributed by atoms with E-state index >= 15 is 0 Å². The second-order valence-corrected chi connectivity index (χ2v) is 5.41. The molecule has 0 aromatic rings. The van der Waals surface area contributed by atoms with Crippen LogP contribution in [0.25, 0.3) is 0 Å². The van der Waals surface area contributed by atoms with Gasteiger partial charge in [-0.2, -0.15) is 0 Å². The molecule has 0 aliphatic rings. The van der Waals surface area contributed by atoms with Crippen molar-refractivity contribution in [2.45, 2.75) is 83.6 Å². The quantitative estimate of drug-likeness (QED) is 0.283. The first kappa shape index (κ1) is 19.9. The monoisotopic (exact) mass is 283 g/mol. The van der Waals surface area contributed by atoms with E-state index in [0.717, 1.165) is 6.54 Å². The van der Waals surface area contributed by atoms with E-state index in [2.05, 4.69) is 12.2 Å². The molecule has 0 saturated carbocycles. The molecule has 0 fully saturated rings. The highest BCUT2D eigenvalue weighted by atomic mass is 35.5. The summed E-state index contributed by atoms with van der Waals surface area (Å²) in [5, 5.41) is 3.24. The molecule has 0 saturated heterocycles. The molecule has 0 spiro atoms. The Morgan fingerprint density at radius 2 is 1.24 bits per heavy atom. The van der Waals surface area contributed by atoms with E-state index in [0.29, 0.717) is 0 Å². The van der Waals surface area contributed by atoms with Gasteiger partial charge in [-0.05, 0) is 19.9 Å². The zero-order valence-corrected chi connectivity index (χ0v) is 13.2. The van der Waals surface area contributed by atoms with Crippen LogP contribution in [0.1, 0.15) is 78.1 Å². The lowest BCUT2D eigenvalue weighted by atomic mass is 10.1. The van der Waals surface area contributed by atoms with Crippen molar-refractivity contribution in [3.63, 3.8) is 0 Å². The first-order valence-corrected chi connectivity index (χ1v) is 7.58. The van der Waals surface area contributed by atoms with Crippen molar-refractivity contribution in [3.05, 3.63) is 0 Å². The van der Waals surface area contributed by atoms with Crippen LogP contribution in [-0.4, -0.2) is 12.0 Å². The maximum absolute atomic E-state index is 5.79. The summed E-state index contributed by atoms with van der Waals surface area (Å²) < 4.78 is 0. The lowest BCUT2D eigenvalue weighted by Gasteiger charge is -2.05.